The zero-order chi connectivity index (χ0) is 34.3. The monoisotopic (exact) mass is 675 g/mol. The maximum Gasteiger partial charge on any atom is 0.573 e. The molecule has 1 spiro atoms. The number of aliphatic carboxylic acids is 1. The van der Waals surface area contributed by atoms with Crippen molar-refractivity contribution >= 4 is 40.6 Å². The highest BCUT2D eigenvalue weighted by Gasteiger charge is 2.54. The van der Waals surface area contributed by atoms with Crippen molar-refractivity contribution in [2.45, 2.75) is 57.0 Å². The van der Waals surface area contributed by atoms with Crippen LogP contribution in [0.15, 0.2) is 59.8 Å². The van der Waals surface area contributed by atoms with Gasteiger partial charge in [-0.15, -0.1) is 13.2 Å². The molecule has 5 rings (SSSR count). The Morgan fingerprint density at radius 3 is 2.36 bits per heavy atom. The standard InChI is InChI=1S/C33H33ClF3N3O7/c1-18(39-47-31(2,3)30(42)43)19-12-21(15-23(13-19)44-4)38-28(24-8-6-20(34)14-27(24)45-5)29(41)40-17-32(10-11-32)25-9-7-22(16-26(25)40)46-33(35,36)37/h6-9,12-16,28,38H,10-11,17H2,1-5H3,(H,42,43)/b39-18+. The van der Waals surface area contributed by atoms with E-state index in [1.54, 1.807) is 49.4 Å². The number of alkyl halides is 3. The fourth-order valence-corrected chi connectivity index (χ4v) is 5.59. The van der Waals surface area contributed by atoms with Crippen LogP contribution in [-0.2, 0) is 19.8 Å². The van der Waals surface area contributed by atoms with Crippen molar-refractivity contribution in [1.82, 2.24) is 0 Å². The van der Waals surface area contributed by atoms with E-state index in [-0.39, 0.29) is 12.0 Å². The molecule has 1 atom stereocenters. The molecule has 0 aromatic heterocycles. The second kappa shape index (κ2) is 12.5. The lowest BCUT2D eigenvalue weighted by Gasteiger charge is -2.28. The van der Waals surface area contributed by atoms with Gasteiger partial charge in [0.1, 0.15) is 23.3 Å². The molecule has 1 aliphatic carbocycles. The molecule has 1 fully saturated rings. The van der Waals surface area contributed by atoms with E-state index in [0.29, 0.717) is 44.7 Å². The van der Waals surface area contributed by atoms with Crippen LogP contribution < -0.4 is 24.4 Å². The zero-order valence-electron chi connectivity index (χ0n) is 26.2. The molecule has 2 aliphatic rings. The van der Waals surface area contributed by atoms with E-state index in [4.69, 9.17) is 25.9 Å². The van der Waals surface area contributed by atoms with Gasteiger partial charge < -0.3 is 34.4 Å². The Morgan fingerprint density at radius 1 is 1.02 bits per heavy atom. The van der Waals surface area contributed by atoms with E-state index in [9.17, 15) is 27.9 Å². The molecule has 250 valence electrons. The maximum absolute atomic E-state index is 14.6. The molecule has 10 nitrogen and oxygen atoms in total. The summed E-state index contributed by atoms with van der Waals surface area (Å²) in [6.45, 7) is 4.62. The molecule has 1 saturated carbocycles. The van der Waals surface area contributed by atoms with Crippen LogP contribution in [0.1, 0.15) is 56.3 Å². The lowest BCUT2D eigenvalue weighted by molar-refractivity contribution is -0.274. The molecule has 3 aromatic carbocycles. The molecule has 47 heavy (non-hydrogen) atoms. The molecular weight excluding hydrogens is 643 g/mol. The summed E-state index contributed by atoms with van der Waals surface area (Å²) >= 11 is 6.25. The summed E-state index contributed by atoms with van der Waals surface area (Å²) in [4.78, 5) is 32.9. The number of nitrogens with one attached hydrogen (secondary N) is 1. The first-order valence-corrected chi connectivity index (χ1v) is 14.9. The molecule has 0 radical (unpaired) electrons. The van der Waals surface area contributed by atoms with E-state index in [0.717, 1.165) is 18.4 Å². The molecule has 3 aromatic rings. The molecule has 2 N–H and O–H groups in total. The first kappa shape index (κ1) is 33.7. The van der Waals surface area contributed by atoms with Crippen LogP contribution in [0, 0.1) is 0 Å². The minimum absolute atomic E-state index is 0.274. The van der Waals surface area contributed by atoms with Crippen LogP contribution in [0.4, 0.5) is 24.5 Å². The lowest BCUT2D eigenvalue weighted by Crippen LogP contribution is -2.38. The lowest BCUT2D eigenvalue weighted by atomic mass is 9.99. The Bertz CT molecular complexity index is 1740. The zero-order valence-corrected chi connectivity index (χ0v) is 27.0. The number of halogens is 4. The van der Waals surface area contributed by atoms with Crippen molar-refractivity contribution < 1.29 is 46.9 Å². The van der Waals surface area contributed by atoms with E-state index in [1.807, 2.05) is 0 Å². The van der Waals surface area contributed by atoms with Gasteiger partial charge >= 0.3 is 12.3 Å². The van der Waals surface area contributed by atoms with Gasteiger partial charge in [-0.1, -0.05) is 28.9 Å². The van der Waals surface area contributed by atoms with Crippen molar-refractivity contribution in [2.75, 3.05) is 31.0 Å². The summed E-state index contributed by atoms with van der Waals surface area (Å²) in [5.41, 5.74) is 0.842. The van der Waals surface area contributed by atoms with E-state index >= 15 is 0 Å². The Hall–Kier alpha value is -4.65. The number of carbonyl (C=O) groups excluding carboxylic acids is 1. The summed E-state index contributed by atoms with van der Waals surface area (Å²) in [5.74, 6) is -1.39. The fourth-order valence-electron chi connectivity index (χ4n) is 5.43. The van der Waals surface area contributed by atoms with E-state index < -0.39 is 35.6 Å². The molecule has 0 bridgehead atoms. The summed E-state index contributed by atoms with van der Waals surface area (Å²) in [5, 5.41) is 17.0. The van der Waals surface area contributed by atoms with Crippen LogP contribution in [0.3, 0.4) is 0 Å². The molecular formula is C33H33ClF3N3O7. The van der Waals surface area contributed by atoms with Crippen molar-refractivity contribution in [1.29, 1.82) is 0 Å². The predicted octanol–water partition coefficient (Wildman–Crippen LogP) is 7.09. The largest absolute Gasteiger partial charge is 0.573 e. The normalized spacial score (nSPS) is 15.9. The van der Waals surface area contributed by atoms with Crippen LogP contribution in [0.2, 0.25) is 5.02 Å². The number of oxime groups is 1. The van der Waals surface area contributed by atoms with Gasteiger partial charge in [0.05, 0.1) is 25.6 Å². The summed E-state index contributed by atoms with van der Waals surface area (Å²) in [6, 6.07) is 12.8. The van der Waals surface area contributed by atoms with Crippen LogP contribution in [0.25, 0.3) is 0 Å². The molecule has 0 saturated heterocycles. The summed E-state index contributed by atoms with van der Waals surface area (Å²) < 4.78 is 54.7. The number of benzene rings is 3. The molecule has 1 heterocycles. The van der Waals surface area contributed by atoms with Crippen molar-refractivity contribution in [3.8, 4) is 17.2 Å². The SMILES string of the molecule is COc1cc(NC(C(=O)N2CC3(CC3)c3ccc(OC(F)(F)F)cc32)c2ccc(Cl)cc2OC)cc(/C(C)=N/OC(C)(C)C(=O)O)c1. The number of carboxylic acids is 1. The van der Waals surface area contributed by atoms with Crippen molar-refractivity contribution in [3.05, 3.63) is 76.3 Å². The fraction of sp³-hybridized carbons (Fsp3) is 0.364. The minimum Gasteiger partial charge on any atom is -0.497 e. The highest BCUT2D eigenvalue weighted by molar-refractivity contribution is 6.30. The third kappa shape index (κ3) is 7.19. The number of amides is 1. The average Bonchev–Trinajstić information content (AvgIpc) is 3.73. The Kier molecular flexibility index (Phi) is 8.97. The summed E-state index contributed by atoms with van der Waals surface area (Å²) in [7, 11) is 2.89. The number of nitrogens with zero attached hydrogens (tertiary/aromatic N) is 2. The number of anilines is 2. The van der Waals surface area contributed by atoms with Gasteiger partial charge in [0.25, 0.3) is 5.91 Å². The number of carbonyl (C=O) groups is 2. The maximum atomic E-state index is 14.6. The Morgan fingerprint density at radius 2 is 1.74 bits per heavy atom. The molecule has 1 amide bonds. The Balaban J connectivity index is 1.56. The first-order valence-electron chi connectivity index (χ1n) is 14.5. The second-order valence-electron chi connectivity index (χ2n) is 11.9. The van der Waals surface area contributed by atoms with E-state index in [1.165, 1.54) is 45.1 Å². The van der Waals surface area contributed by atoms with Crippen molar-refractivity contribution in [3.63, 3.8) is 0 Å². The summed E-state index contributed by atoms with van der Waals surface area (Å²) in [6.07, 6.45) is -3.34. The Labute approximate surface area is 274 Å². The van der Waals surface area contributed by atoms with Gasteiger partial charge in [-0.05, 0) is 69.5 Å². The number of ether oxygens (including phenoxy) is 3. The topological polar surface area (TPSA) is 119 Å². The average molecular weight is 676 g/mol. The number of carboxylic acid groups (broad SMARTS) is 1. The van der Waals surface area contributed by atoms with E-state index in [2.05, 4.69) is 15.2 Å². The van der Waals surface area contributed by atoms with Gasteiger partial charge in [0, 0.05) is 45.9 Å². The highest BCUT2D eigenvalue weighted by atomic mass is 35.5. The van der Waals surface area contributed by atoms with Crippen LogP contribution in [-0.4, -0.2) is 55.4 Å². The van der Waals surface area contributed by atoms with Crippen LogP contribution in [0.5, 0.6) is 17.2 Å². The van der Waals surface area contributed by atoms with Gasteiger partial charge in [0.15, 0.2) is 0 Å². The quantitative estimate of drug-likeness (QED) is 0.163. The molecule has 1 aliphatic heterocycles. The number of hydrogen-bond acceptors (Lipinski definition) is 8. The smallest absolute Gasteiger partial charge is 0.497 e. The number of methoxy groups -OCH3 is 2. The van der Waals surface area contributed by atoms with Gasteiger partial charge in [-0.3, -0.25) is 4.79 Å². The van der Waals surface area contributed by atoms with Gasteiger partial charge in [-0.25, -0.2) is 4.79 Å². The number of fused-ring (bicyclic) bond motifs is 2. The number of rotatable bonds is 11. The van der Waals surface area contributed by atoms with Crippen molar-refractivity contribution in [2.24, 2.45) is 5.16 Å². The molecule has 14 heteroatoms. The molecule has 1 unspecified atom stereocenters. The third-order valence-corrected chi connectivity index (χ3v) is 8.43. The minimum atomic E-state index is -4.90. The van der Waals surface area contributed by atoms with Gasteiger partial charge in [0.2, 0.25) is 5.60 Å². The predicted molar refractivity (Wildman–Crippen MR) is 169 cm³/mol. The van der Waals surface area contributed by atoms with Gasteiger partial charge in [-0.2, -0.15) is 0 Å². The van der Waals surface area contributed by atoms with Crippen LogP contribution >= 0.6 is 11.6 Å². The second-order valence-corrected chi connectivity index (χ2v) is 12.4. The first-order chi connectivity index (χ1) is 22.1. The number of hydrogen-bond donors (Lipinski definition) is 2. The third-order valence-electron chi connectivity index (χ3n) is 8.20. The highest BCUT2D eigenvalue weighted by Crippen LogP contribution is 2.57.